The van der Waals surface area contributed by atoms with Crippen molar-refractivity contribution >= 4 is 11.8 Å². The van der Waals surface area contributed by atoms with Crippen LogP contribution in [0.3, 0.4) is 0 Å². The van der Waals surface area contributed by atoms with Gasteiger partial charge in [0.15, 0.2) is 6.23 Å². The zero-order valence-corrected chi connectivity index (χ0v) is 13.1. The number of aliphatic hydroxyl groups excluding tert-OH is 4. The molecule has 0 saturated carbocycles. The fraction of sp³-hybridized carbons (Fsp3) is 0.294. The molecule has 1 aromatic carbocycles. The number of rotatable bonds is 4. The van der Waals surface area contributed by atoms with E-state index in [-0.39, 0.29) is 11.5 Å². The molecule has 0 amide bonds. The first-order chi connectivity index (χ1) is 12.0. The molecule has 1 aromatic heterocycles. The standard InChI is InChI=1S/C17H18N2O6/c20-9-13-14(22)15(23)16(25-13)19-7-6-11(18-17(19)24)8-12(21)10-4-2-1-3-5-10/h1-8,13-16,20-23H,9H2. The lowest BCUT2D eigenvalue weighted by molar-refractivity contribution is -0.0549. The number of hydrogen-bond acceptors (Lipinski definition) is 7. The smallest absolute Gasteiger partial charge is 0.350 e. The summed E-state index contributed by atoms with van der Waals surface area (Å²) in [6.07, 6.45) is -2.10. The summed E-state index contributed by atoms with van der Waals surface area (Å²) in [6, 6.07) is 10.3. The lowest BCUT2D eigenvalue weighted by Crippen LogP contribution is -2.36. The van der Waals surface area contributed by atoms with Gasteiger partial charge in [0, 0.05) is 17.8 Å². The highest BCUT2D eigenvalue weighted by Gasteiger charge is 2.43. The minimum atomic E-state index is -1.37. The van der Waals surface area contributed by atoms with E-state index in [0.29, 0.717) is 5.56 Å². The molecule has 4 atom stereocenters. The monoisotopic (exact) mass is 346 g/mol. The van der Waals surface area contributed by atoms with Crippen LogP contribution in [0.15, 0.2) is 47.4 Å². The Balaban J connectivity index is 1.86. The second-order valence-corrected chi connectivity index (χ2v) is 5.67. The lowest BCUT2D eigenvalue weighted by Gasteiger charge is -2.16. The Morgan fingerprint density at radius 3 is 2.52 bits per heavy atom. The Morgan fingerprint density at radius 2 is 1.92 bits per heavy atom. The van der Waals surface area contributed by atoms with Gasteiger partial charge in [0.1, 0.15) is 24.1 Å². The summed E-state index contributed by atoms with van der Waals surface area (Å²) in [5.41, 5.74) is 0.0933. The van der Waals surface area contributed by atoms with Crippen molar-refractivity contribution in [3.05, 3.63) is 64.3 Å². The Hall–Kier alpha value is -2.52. The van der Waals surface area contributed by atoms with Crippen LogP contribution in [-0.4, -0.2) is 54.9 Å². The number of aliphatic hydroxyl groups is 4. The Morgan fingerprint density at radius 1 is 1.20 bits per heavy atom. The zero-order chi connectivity index (χ0) is 18.0. The number of benzene rings is 1. The molecule has 4 N–H and O–H groups in total. The SMILES string of the molecule is O=c1nc(C=C(O)c2ccccc2)ccn1C1OC(CO)C(O)C1O. The molecule has 8 heteroatoms. The average molecular weight is 346 g/mol. The van der Waals surface area contributed by atoms with Crippen LogP contribution in [0.2, 0.25) is 0 Å². The summed E-state index contributed by atoms with van der Waals surface area (Å²) >= 11 is 0. The fourth-order valence-electron chi connectivity index (χ4n) is 2.64. The van der Waals surface area contributed by atoms with Crippen molar-refractivity contribution < 1.29 is 25.2 Å². The molecule has 1 aliphatic heterocycles. The number of nitrogens with zero attached hydrogens (tertiary/aromatic N) is 2. The summed E-state index contributed by atoms with van der Waals surface area (Å²) in [4.78, 5) is 16.0. The predicted octanol–water partition coefficient (Wildman–Crippen LogP) is -0.0891. The Bertz CT molecular complexity index is 819. The highest BCUT2D eigenvalue weighted by atomic mass is 16.6. The van der Waals surface area contributed by atoms with Crippen LogP contribution in [0.5, 0.6) is 0 Å². The molecule has 0 spiro atoms. The average Bonchev–Trinajstić information content (AvgIpc) is 2.91. The molecule has 1 aliphatic rings. The van der Waals surface area contributed by atoms with Crippen molar-refractivity contribution in [2.24, 2.45) is 0 Å². The molecule has 8 nitrogen and oxygen atoms in total. The quantitative estimate of drug-likeness (QED) is 0.570. The van der Waals surface area contributed by atoms with Gasteiger partial charge < -0.3 is 25.2 Å². The van der Waals surface area contributed by atoms with Gasteiger partial charge in [-0.3, -0.25) is 4.57 Å². The molecule has 2 aromatic rings. The maximum Gasteiger partial charge on any atom is 0.350 e. The molecule has 25 heavy (non-hydrogen) atoms. The summed E-state index contributed by atoms with van der Waals surface area (Å²) in [5, 5.41) is 38.9. The second-order valence-electron chi connectivity index (χ2n) is 5.67. The van der Waals surface area contributed by atoms with E-state index in [1.54, 1.807) is 24.3 Å². The minimum absolute atomic E-state index is 0.0434. The maximum absolute atomic E-state index is 12.2. The van der Waals surface area contributed by atoms with E-state index in [0.717, 1.165) is 4.57 Å². The number of aromatic nitrogens is 2. The fourth-order valence-corrected chi connectivity index (χ4v) is 2.64. The van der Waals surface area contributed by atoms with Crippen LogP contribution in [0.1, 0.15) is 17.5 Å². The summed E-state index contributed by atoms with van der Waals surface area (Å²) < 4.78 is 6.33. The normalized spacial score (nSPS) is 26.8. The molecule has 1 saturated heterocycles. The van der Waals surface area contributed by atoms with E-state index in [2.05, 4.69) is 4.98 Å². The second kappa shape index (κ2) is 7.16. The maximum atomic E-state index is 12.2. The number of hydrogen-bond donors (Lipinski definition) is 4. The van der Waals surface area contributed by atoms with Crippen LogP contribution in [0.4, 0.5) is 0 Å². The molecular weight excluding hydrogens is 328 g/mol. The molecule has 0 bridgehead atoms. The minimum Gasteiger partial charge on any atom is -0.507 e. The first-order valence-corrected chi connectivity index (χ1v) is 7.69. The van der Waals surface area contributed by atoms with Crippen LogP contribution in [0, 0.1) is 0 Å². The highest BCUT2D eigenvalue weighted by molar-refractivity contribution is 5.74. The van der Waals surface area contributed by atoms with Crippen molar-refractivity contribution in [1.29, 1.82) is 0 Å². The third-order valence-electron chi connectivity index (χ3n) is 4.00. The third kappa shape index (κ3) is 3.47. The molecule has 0 radical (unpaired) electrons. The lowest BCUT2D eigenvalue weighted by atomic mass is 10.1. The van der Waals surface area contributed by atoms with Crippen molar-refractivity contribution in [3.63, 3.8) is 0 Å². The predicted molar refractivity (Wildman–Crippen MR) is 88.4 cm³/mol. The zero-order valence-electron chi connectivity index (χ0n) is 13.1. The van der Waals surface area contributed by atoms with E-state index >= 15 is 0 Å². The molecule has 132 valence electrons. The van der Waals surface area contributed by atoms with Crippen LogP contribution >= 0.6 is 0 Å². The van der Waals surface area contributed by atoms with Crippen LogP contribution in [0.25, 0.3) is 11.8 Å². The molecular formula is C17H18N2O6. The Labute approximate surface area is 142 Å². The molecule has 3 rings (SSSR count). The van der Waals surface area contributed by atoms with Gasteiger partial charge >= 0.3 is 5.69 Å². The van der Waals surface area contributed by atoms with Gasteiger partial charge in [-0.1, -0.05) is 30.3 Å². The van der Waals surface area contributed by atoms with E-state index in [1.807, 2.05) is 6.07 Å². The van der Waals surface area contributed by atoms with Crippen LogP contribution in [-0.2, 0) is 4.74 Å². The summed E-state index contributed by atoms with van der Waals surface area (Å²) in [7, 11) is 0. The van der Waals surface area contributed by atoms with E-state index in [9.17, 15) is 20.1 Å². The van der Waals surface area contributed by atoms with Crippen molar-refractivity contribution in [2.45, 2.75) is 24.5 Å². The van der Waals surface area contributed by atoms with E-state index in [4.69, 9.17) is 9.84 Å². The van der Waals surface area contributed by atoms with Gasteiger partial charge in [-0.25, -0.2) is 4.79 Å². The highest BCUT2D eigenvalue weighted by Crippen LogP contribution is 2.28. The summed E-state index contributed by atoms with van der Waals surface area (Å²) in [6.45, 7) is -0.483. The molecule has 0 aliphatic carbocycles. The van der Waals surface area contributed by atoms with Gasteiger partial charge in [0.05, 0.1) is 12.3 Å². The number of ether oxygens (including phenoxy) is 1. The van der Waals surface area contributed by atoms with Crippen molar-refractivity contribution in [3.8, 4) is 0 Å². The van der Waals surface area contributed by atoms with Gasteiger partial charge in [0.2, 0.25) is 0 Å². The third-order valence-corrected chi connectivity index (χ3v) is 4.00. The van der Waals surface area contributed by atoms with Gasteiger partial charge in [0.25, 0.3) is 0 Å². The molecule has 1 fully saturated rings. The molecule has 4 unspecified atom stereocenters. The molecule has 2 heterocycles. The van der Waals surface area contributed by atoms with Crippen LogP contribution < -0.4 is 5.69 Å². The first kappa shape index (κ1) is 17.3. The van der Waals surface area contributed by atoms with Gasteiger partial charge in [-0.2, -0.15) is 4.98 Å². The van der Waals surface area contributed by atoms with E-state index in [1.165, 1.54) is 18.3 Å². The van der Waals surface area contributed by atoms with E-state index < -0.39 is 36.8 Å². The van der Waals surface area contributed by atoms with Gasteiger partial charge in [-0.15, -0.1) is 0 Å². The Kier molecular flexibility index (Phi) is 4.95. The largest absolute Gasteiger partial charge is 0.507 e. The summed E-state index contributed by atoms with van der Waals surface area (Å²) in [5.74, 6) is -0.0434. The van der Waals surface area contributed by atoms with Crippen molar-refractivity contribution in [1.82, 2.24) is 9.55 Å². The topological polar surface area (TPSA) is 125 Å². The van der Waals surface area contributed by atoms with Gasteiger partial charge in [-0.05, 0) is 6.07 Å². The van der Waals surface area contributed by atoms with Crippen molar-refractivity contribution in [2.75, 3.05) is 6.61 Å². The first-order valence-electron chi connectivity index (χ1n) is 7.69.